The summed E-state index contributed by atoms with van der Waals surface area (Å²) in [7, 11) is 1.82. The lowest BCUT2D eigenvalue weighted by molar-refractivity contribution is -0.156. The predicted molar refractivity (Wildman–Crippen MR) is 60.7 cm³/mol. The van der Waals surface area contributed by atoms with Crippen molar-refractivity contribution in [2.75, 3.05) is 0 Å². The highest BCUT2D eigenvalue weighted by atomic mass is 16.6. The third-order valence-electron chi connectivity index (χ3n) is 2.06. The van der Waals surface area contributed by atoms with Crippen molar-refractivity contribution < 1.29 is 9.53 Å². The molecule has 1 aromatic rings. The zero-order valence-electron chi connectivity index (χ0n) is 10.2. The Morgan fingerprint density at radius 1 is 1.62 bits per heavy atom. The number of aryl methyl sites for hydroxylation is 1. The third-order valence-corrected chi connectivity index (χ3v) is 2.06. The van der Waals surface area contributed by atoms with Crippen molar-refractivity contribution in [2.45, 2.75) is 38.8 Å². The Labute approximate surface area is 95.6 Å². The summed E-state index contributed by atoms with van der Waals surface area (Å²) in [5, 5.41) is 4.01. The molecule has 0 amide bonds. The Balaban J connectivity index is 2.56. The van der Waals surface area contributed by atoms with Crippen molar-refractivity contribution in [1.29, 1.82) is 0 Å². The van der Waals surface area contributed by atoms with Gasteiger partial charge in [-0.3, -0.25) is 9.48 Å². The minimum Gasteiger partial charge on any atom is -0.459 e. The first-order chi connectivity index (χ1) is 7.29. The maximum absolute atomic E-state index is 11.6. The number of hydrogen-bond acceptors (Lipinski definition) is 4. The minimum atomic E-state index is -0.644. The van der Waals surface area contributed by atoms with Gasteiger partial charge in [0.05, 0.1) is 0 Å². The van der Waals surface area contributed by atoms with E-state index in [0.29, 0.717) is 6.42 Å². The van der Waals surface area contributed by atoms with E-state index in [1.807, 2.05) is 33.9 Å². The topological polar surface area (TPSA) is 70.1 Å². The summed E-state index contributed by atoms with van der Waals surface area (Å²) in [6.07, 6.45) is 2.11. The summed E-state index contributed by atoms with van der Waals surface area (Å²) in [5.74, 6) is -0.381. The molecule has 0 aliphatic rings. The molecule has 0 radical (unpaired) electrons. The second-order valence-electron chi connectivity index (χ2n) is 4.79. The number of nitrogens with zero attached hydrogens (tertiary/aromatic N) is 2. The second kappa shape index (κ2) is 4.65. The fourth-order valence-corrected chi connectivity index (χ4v) is 1.29. The van der Waals surface area contributed by atoms with Crippen LogP contribution in [0.25, 0.3) is 0 Å². The molecule has 2 N–H and O–H groups in total. The molecule has 0 aliphatic carbocycles. The van der Waals surface area contributed by atoms with Crippen LogP contribution in [0.5, 0.6) is 0 Å². The molecule has 1 aromatic heterocycles. The monoisotopic (exact) mass is 225 g/mol. The van der Waals surface area contributed by atoms with Crippen molar-refractivity contribution in [3.8, 4) is 0 Å². The van der Waals surface area contributed by atoms with E-state index >= 15 is 0 Å². The quantitative estimate of drug-likeness (QED) is 0.766. The van der Waals surface area contributed by atoms with Crippen molar-refractivity contribution in [3.63, 3.8) is 0 Å². The van der Waals surface area contributed by atoms with Gasteiger partial charge >= 0.3 is 5.97 Å². The molecule has 0 fully saturated rings. The molecule has 1 rings (SSSR count). The zero-order chi connectivity index (χ0) is 12.3. The molecule has 0 saturated carbocycles. The van der Waals surface area contributed by atoms with Crippen LogP contribution in [-0.2, 0) is 23.0 Å². The number of carbonyl (C=O) groups excluding carboxylic acids is 1. The van der Waals surface area contributed by atoms with Crippen LogP contribution in [0.4, 0.5) is 0 Å². The minimum absolute atomic E-state index is 0.381. The highest BCUT2D eigenvalue weighted by Gasteiger charge is 2.22. The molecule has 90 valence electrons. The Bertz CT molecular complexity index is 366. The van der Waals surface area contributed by atoms with Gasteiger partial charge in [-0.25, -0.2) is 0 Å². The predicted octanol–water partition coefficient (Wildman–Crippen LogP) is 0.632. The Morgan fingerprint density at radius 3 is 2.69 bits per heavy atom. The van der Waals surface area contributed by atoms with Gasteiger partial charge in [0.2, 0.25) is 0 Å². The van der Waals surface area contributed by atoms with Gasteiger partial charge in [0, 0.05) is 25.4 Å². The first-order valence-corrected chi connectivity index (χ1v) is 5.25. The first-order valence-electron chi connectivity index (χ1n) is 5.25. The molecule has 1 unspecified atom stereocenters. The van der Waals surface area contributed by atoms with E-state index in [0.717, 1.165) is 5.69 Å². The number of nitrogens with two attached hydrogens (primary N) is 1. The van der Waals surface area contributed by atoms with Gasteiger partial charge in [0.1, 0.15) is 11.6 Å². The standard InChI is InChI=1S/C11H19N3O2/c1-11(2,3)16-10(15)9(12)7-8-5-6-13-14(8)4/h5-6,9H,7,12H2,1-4H3. The number of esters is 1. The van der Waals surface area contributed by atoms with Crippen LogP contribution in [-0.4, -0.2) is 27.4 Å². The van der Waals surface area contributed by atoms with E-state index < -0.39 is 11.6 Å². The maximum atomic E-state index is 11.6. The summed E-state index contributed by atoms with van der Waals surface area (Å²) in [6, 6.07) is 1.19. The number of rotatable bonds is 3. The fourth-order valence-electron chi connectivity index (χ4n) is 1.29. The summed E-state index contributed by atoms with van der Waals surface area (Å²) in [4.78, 5) is 11.6. The lowest BCUT2D eigenvalue weighted by Gasteiger charge is -2.22. The van der Waals surface area contributed by atoms with Gasteiger partial charge in [0.25, 0.3) is 0 Å². The highest BCUT2D eigenvalue weighted by Crippen LogP contribution is 2.09. The summed E-state index contributed by atoms with van der Waals surface area (Å²) >= 11 is 0. The van der Waals surface area contributed by atoms with Crippen LogP contribution >= 0.6 is 0 Å². The van der Waals surface area contributed by atoms with E-state index in [1.165, 1.54) is 0 Å². The van der Waals surface area contributed by atoms with Crippen LogP contribution in [0, 0.1) is 0 Å². The van der Waals surface area contributed by atoms with Gasteiger partial charge in [-0.15, -0.1) is 0 Å². The normalized spacial score (nSPS) is 13.6. The number of carbonyl (C=O) groups is 1. The van der Waals surface area contributed by atoms with Crippen molar-refractivity contribution in [1.82, 2.24) is 9.78 Å². The van der Waals surface area contributed by atoms with Gasteiger partial charge in [0.15, 0.2) is 0 Å². The number of ether oxygens (including phenoxy) is 1. The fraction of sp³-hybridized carbons (Fsp3) is 0.636. The molecule has 1 heterocycles. The van der Waals surface area contributed by atoms with Crippen molar-refractivity contribution >= 4 is 5.97 Å². The lowest BCUT2D eigenvalue weighted by atomic mass is 10.1. The molecule has 0 aromatic carbocycles. The molecule has 5 nitrogen and oxygen atoms in total. The smallest absolute Gasteiger partial charge is 0.323 e. The van der Waals surface area contributed by atoms with Crippen LogP contribution in [0.2, 0.25) is 0 Å². The molecule has 0 bridgehead atoms. The molecule has 0 saturated heterocycles. The largest absolute Gasteiger partial charge is 0.459 e. The molecule has 5 heteroatoms. The summed E-state index contributed by atoms with van der Waals surface area (Å²) < 4.78 is 6.89. The SMILES string of the molecule is Cn1nccc1CC(N)C(=O)OC(C)(C)C. The van der Waals surface area contributed by atoms with E-state index in [4.69, 9.17) is 10.5 Å². The number of aromatic nitrogens is 2. The second-order valence-corrected chi connectivity index (χ2v) is 4.79. The van der Waals surface area contributed by atoms with E-state index in [2.05, 4.69) is 5.10 Å². The average molecular weight is 225 g/mol. The van der Waals surface area contributed by atoms with E-state index in [-0.39, 0.29) is 5.97 Å². The Hall–Kier alpha value is -1.36. The maximum Gasteiger partial charge on any atom is 0.323 e. The Kier molecular flexibility index (Phi) is 3.70. The third kappa shape index (κ3) is 3.66. The van der Waals surface area contributed by atoms with Crippen molar-refractivity contribution in [3.05, 3.63) is 18.0 Å². The van der Waals surface area contributed by atoms with Crippen LogP contribution in [0.3, 0.4) is 0 Å². The van der Waals surface area contributed by atoms with Crippen LogP contribution < -0.4 is 5.73 Å². The van der Waals surface area contributed by atoms with Gasteiger partial charge in [-0.05, 0) is 26.8 Å². The Morgan fingerprint density at radius 2 is 2.25 bits per heavy atom. The molecule has 16 heavy (non-hydrogen) atoms. The molecule has 1 atom stereocenters. The van der Waals surface area contributed by atoms with Crippen molar-refractivity contribution in [2.24, 2.45) is 12.8 Å². The average Bonchev–Trinajstić information content (AvgIpc) is 2.49. The van der Waals surface area contributed by atoms with E-state index in [1.54, 1.807) is 10.9 Å². The highest BCUT2D eigenvalue weighted by molar-refractivity contribution is 5.76. The van der Waals surface area contributed by atoms with Gasteiger partial charge in [-0.1, -0.05) is 0 Å². The summed E-state index contributed by atoms with van der Waals surface area (Å²) in [6.45, 7) is 5.46. The first kappa shape index (κ1) is 12.7. The van der Waals surface area contributed by atoms with Gasteiger partial charge in [-0.2, -0.15) is 5.10 Å². The summed E-state index contributed by atoms with van der Waals surface area (Å²) in [5.41, 5.74) is 6.19. The van der Waals surface area contributed by atoms with Gasteiger partial charge < -0.3 is 10.5 Å². The molecule has 0 aliphatic heterocycles. The van der Waals surface area contributed by atoms with Crippen LogP contribution in [0.1, 0.15) is 26.5 Å². The van der Waals surface area contributed by atoms with E-state index in [9.17, 15) is 4.79 Å². The zero-order valence-corrected chi connectivity index (χ0v) is 10.2. The number of hydrogen-bond donors (Lipinski definition) is 1. The molecular weight excluding hydrogens is 206 g/mol. The molecule has 0 spiro atoms. The molecular formula is C11H19N3O2. The lowest BCUT2D eigenvalue weighted by Crippen LogP contribution is -2.39. The van der Waals surface area contributed by atoms with Crippen LogP contribution in [0.15, 0.2) is 12.3 Å².